The number of halogens is 1. The Morgan fingerprint density at radius 3 is 2.31 bits per heavy atom. The molecular weight excluding hydrogens is 480 g/mol. The first kappa shape index (κ1) is 26.9. The molecule has 3 aromatic rings. The zero-order valence-corrected chi connectivity index (χ0v) is 21.8. The summed E-state index contributed by atoms with van der Waals surface area (Å²) in [5.74, 6) is -0.340. The Morgan fingerprint density at radius 2 is 1.69 bits per heavy atom. The molecule has 0 spiro atoms. The second-order valence-electron chi connectivity index (χ2n) is 9.58. The average Bonchev–Trinajstić information content (AvgIpc) is 3.20. The molecule has 0 saturated carbocycles. The third-order valence-corrected chi connectivity index (χ3v) is 5.65. The lowest BCUT2D eigenvalue weighted by molar-refractivity contribution is -0.128. The minimum absolute atomic E-state index is 0.108. The summed E-state index contributed by atoms with van der Waals surface area (Å²) in [6.45, 7) is 9.17. The van der Waals surface area contributed by atoms with Gasteiger partial charge in [-0.1, -0.05) is 53.2 Å². The summed E-state index contributed by atoms with van der Waals surface area (Å²) in [7, 11) is 0. The lowest BCUT2D eigenvalue weighted by Gasteiger charge is -2.35. The van der Waals surface area contributed by atoms with E-state index >= 15 is 0 Å². The fourth-order valence-corrected chi connectivity index (χ4v) is 3.99. The highest BCUT2D eigenvalue weighted by Gasteiger charge is 2.36. The molecule has 1 atom stereocenters. The van der Waals surface area contributed by atoms with Crippen molar-refractivity contribution in [2.75, 3.05) is 10.2 Å². The molecule has 2 N–H and O–H groups in total. The number of aromatic nitrogens is 1. The van der Waals surface area contributed by atoms with Crippen molar-refractivity contribution >= 4 is 40.8 Å². The van der Waals surface area contributed by atoms with Crippen LogP contribution in [0.2, 0.25) is 5.02 Å². The maximum absolute atomic E-state index is 13.7. The van der Waals surface area contributed by atoms with Crippen molar-refractivity contribution in [2.45, 2.75) is 59.0 Å². The number of nitrogens with one attached hydrogen (secondary N) is 2. The topological polar surface area (TPSA) is 105 Å². The molecule has 1 aromatic heterocycles. The third kappa shape index (κ3) is 6.95. The lowest BCUT2D eigenvalue weighted by Crippen LogP contribution is -2.49. The number of hydrogen-bond donors (Lipinski definition) is 2. The van der Waals surface area contributed by atoms with Gasteiger partial charge in [-0.25, -0.2) is 0 Å². The lowest BCUT2D eigenvalue weighted by atomic mass is 9.99. The Labute approximate surface area is 216 Å². The summed E-state index contributed by atoms with van der Waals surface area (Å²) in [4.78, 5) is 41.3. The van der Waals surface area contributed by atoms with Crippen LogP contribution < -0.4 is 15.5 Å². The molecule has 8 nitrogen and oxygen atoms in total. The Morgan fingerprint density at radius 1 is 1.03 bits per heavy atom. The fourth-order valence-electron chi connectivity index (χ4n) is 3.76. The minimum atomic E-state index is -1.05. The number of rotatable bonds is 8. The standard InChI is InChI=1S/C27H31ClN4O4/c1-17-10-6-9-13-21(17)32(24(34)15-14-23(33)29-22-16-18(2)36-31-22)25(26(35)30-27(3,4)5)19-11-7-8-12-20(19)28/h6-13,16,25H,14-15H2,1-5H3,(H,30,35)(H,29,31,33)/t25-/m0/s1. The molecule has 0 aliphatic rings. The predicted molar refractivity (Wildman–Crippen MR) is 140 cm³/mol. The van der Waals surface area contributed by atoms with Gasteiger partial charge in [0.05, 0.1) is 0 Å². The molecule has 0 radical (unpaired) electrons. The fraction of sp³-hybridized carbons (Fsp3) is 0.333. The van der Waals surface area contributed by atoms with E-state index in [0.29, 0.717) is 22.0 Å². The summed E-state index contributed by atoms with van der Waals surface area (Å²) in [5, 5.41) is 9.70. The largest absolute Gasteiger partial charge is 0.360 e. The number of benzene rings is 2. The van der Waals surface area contributed by atoms with Gasteiger partial charge in [-0.2, -0.15) is 0 Å². The van der Waals surface area contributed by atoms with Crippen LogP contribution in [-0.2, 0) is 14.4 Å². The van der Waals surface area contributed by atoms with E-state index in [1.165, 1.54) is 4.90 Å². The third-order valence-electron chi connectivity index (χ3n) is 5.31. The van der Waals surface area contributed by atoms with Gasteiger partial charge in [0.25, 0.3) is 0 Å². The molecule has 0 saturated heterocycles. The Bertz CT molecular complexity index is 1250. The monoisotopic (exact) mass is 510 g/mol. The summed E-state index contributed by atoms with van der Waals surface area (Å²) in [6, 6.07) is 14.8. The van der Waals surface area contributed by atoms with Crippen LogP contribution in [0.4, 0.5) is 11.5 Å². The van der Waals surface area contributed by atoms with Crippen LogP contribution in [0, 0.1) is 13.8 Å². The first-order chi connectivity index (χ1) is 17.0. The van der Waals surface area contributed by atoms with Gasteiger partial charge >= 0.3 is 0 Å². The summed E-state index contributed by atoms with van der Waals surface area (Å²) < 4.78 is 4.96. The van der Waals surface area contributed by atoms with Crippen LogP contribution in [0.25, 0.3) is 0 Å². The van der Waals surface area contributed by atoms with Crippen molar-refractivity contribution in [3.8, 4) is 0 Å². The van der Waals surface area contributed by atoms with E-state index in [9.17, 15) is 14.4 Å². The van der Waals surface area contributed by atoms with Crippen LogP contribution in [-0.4, -0.2) is 28.4 Å². The van der Waals surface area contributed by atoms with Gasteiger partial charge in [0.15, 0.2) is 5.82 Å². The van der Waals surface area contributed by atoms with Gasteiger partial charge in [0.1, 0.15) is 11.8 Å². The number of amides is 3. The predicted octanol–water partition coefficient (Wildman–Crippen LogP) is 5.35. The zero-order valence-electron chi connectivity index (χ0n) is 21.1. The van der Waals surface area contributed by atoms with Crippen LogP contribution in [0.15, 0.2) is 59.1 Å². The van der Waals surface area contributed by atoms with E-state index in [1.807, 2.05) is 39.8 Å². The number of para-hydroxylation sites is 1. The highest BCUT2D eigenvalue weighted by Crippen LogP contribution is 2.34. The Kier molecular flexibility index (Phi) is 8.53. The van der Waals surface area contributed by atoms with Gasteiger partial charge in [0.2, 0.25) is 17.7 Å². The molecule has 0 fully saturated rings. The minimum Gasteiger partial charge on any atom is -0.360 e. The molecule has 0 aliphatic carbocycles. The first-order valence-corrected chi connectivity index (χ1v) is 12.0. The molecule has 0 bridgehead atoms. The molecule has 0 unspecified atom stereocenters. The molecule has 0 aliphatic heterocycles. The van der Waals surface area contributed by atoms with Crippen molar-refractivity contribution < 1.29 is 18.9 Å². The number of aryl methyl sites for hydroxylation is 2. The van der Waals surface area contributed by atoms with Crippen LogP contribution in [0.5, 0.6) is 0 Å². The van der Waals surface area contributed by atoms with Gasteiger partial charge in [-0.05, 0) is 52.3 Å². The van der Waals surface area contributed by atoms with E-state index in [4.69, 9.17) is 16.1 Å². The van der Waals surface area contributed by atoms with E-state index in [1.54, 1.807) is 49.4 Å². The molecule has 36 heavy (non-hydrogen) atoms. The number of nitrogens with zero attached hydrogens (tertiary/aromatic N) is 2. The van der Waals surface area contributed by atoms with E-state index in [0.717, 1.165) is 5.56 Å². The van der Waals surface area contributed by atoms with Gasteiger partial charge in [0, 0.05) is 40.7 Å². The van der Waals surface area contributed by atoms with Crippen molar-refractivity contribution in [3.63, 3.8) is 0 Å². The zero-order chi connectivity index (χ0) is 26.5. The molecule has 9 heteroatoms. The molecule has 3 rings (SSSR count). The van der Waals surface area contributed by atoms with Crippen molar-refractivity contribution in [1.29, 1.82) is 0 Å². The number of hydrogen-bond acceptors (Lipinski definition) is 5. The van der Waals surface area contributed by atoms with Gasteiger partial charge in [-0.15, -0.1) is 0 Å². The number of carbonyl (C=O) groups is 3. The van der Waals surface area contributed by atoms with Gasteiger partial charge < -0.3 is 15.2 Å². The molecule has 3 amide bonds. The first-order valence-electron chi connectivity index (χ1n) is 11.6. The maximum Gasteiger partial charge on any atom is 0.248 e. The SMILES string of the molecule is Cc1cc(NC(=O)CCC(=O)N(c2ccccc2C)[C@H](C(=O)NC(C)(C)C)c2ccccc2Cl)no1. The normalized spacial score (nSPS) is 12.1. The Hall–Kier alpha value is -3.65. The summed E-state index contributed by atoms with van der Waals surface area (Å²) in [5.41, 5.74) is 1.30. The van der Waals surface area contributed by atoms with Crippen LogP contribution >= 0.6 is 11.6 Å². The average molecular weight is 511 g/mol. The maximum atomic E-state index is 13.7. The number of carbonyl (C=O) groups excluding carboxylic acids is 3. The van der Waals surface area contributed by atoms with Crippen molar-refractivity contribution in [2.24, 2.45) is 0 Å². The van der Waals surface area contributed by atoms with E-state index in [-0.39, 0.29) is 24.6 Å². The van der Waals surface area contributed by atoms with Crippen LogP contribution in [0.1, 0.15) is 56.5 Å². The molecule has 2 aromatic carbocycles. The summed E-state index contributed by atoms with van der Waals surface area (Å²) in [6.07, 6.45) is -0.246. The molecular formula is C27H31ClN4O4. The summed E-state index contributed by atoms with van der Waals surface area (Å²) >= 11 is 6.53. The van der Waals surface area contributed by atoms with Crippen LogP contribution in [0.3, 0.4) is 0 Å². The Balaban J connectivity index is 1.98. The highest BCUT2D eigenvalue weighted by molar-refractivity contribution is 6.31. The molecule has 1 heterocycles. The van der Waals surface area contributed by atoms with Crippen molar-refractivity contribution in [1.82, 2.24) is 10.5 Å². The highest BCUT2D eigenvalue weighted by atomic mass is 35.5. The van der Waals surface area contributed by atoms with E-state index in [2.05, 4.69) is 15.8 Å². The smallest absolute Gasteiger partial charge is 0.248 e. The molecule has 190 valence electrons. The van der Waals surface area contributed by atoms with Gasteiger partial charge in [-0.3, -0.25) is 19.3 Å². The van der Waals surface area contributed by atoms with E-state index < -0.39 is 23.4 Å². The quantitative estimate of drug-likeness (QED) is 0.425. The second kappa shape index (κ2) is 11.4. The number of anilines is 2. The second-order valence-corrected chi connectivity index (χ2v) is 9.99. The van der Waals surface area contributed by atoms with Crippen molar-refractivity contribution in [3.05, 3.63) is 76.5 Å².